The van der Waals surface area contributed by atoms with E-state index in [-0.39, 0.29) is 5.75 Å². The van der Waals surface area contributed by atoms with Gasteiger partial charge in [0.25, 0.3) is 0 Å². The Labute approximate surface area is 128 Å². The van der Waals surface area contributed by atoms with E-state index in [0.29, 0.717) is 0 Å². The van der Waals surface area contributed by atoms with Crippen LogP contribution >= 0.6 is 11.8 Å². The topological polar surface area (TPSA) is 37.3 Å². The number of aliphatic carboxylic acids is 1. The van der Waals surface area contributed by atoms with Crippen molar-refractivity contribution in [1.82, 2.24) is 0 Å². The van der Waals surface area contributed by atoms with Crippen LogP contribution in [0.15, 0.2) is 36.5 Å². The Bertz CT molecular complexity index is 306. The zero-order valence-corrected chi connectivity index (χ0v) is 13.4. The number of hydrogen-bond donors (Lipinski definition) is 1. The van der Waals surface area contributed by atoms with Crippen LogP contribution in [0.1, 0.15) is 51.9 Å². The first kappa shape index (κ1) is 19.0. The molecule has 0 aliphatic rings. The zero-order valence-electron chi connectivity index (χ0n) is 12.6. The second-order valence-electron chi connectivity index (χ2n) is 4.62. The lowest BCUT2D eigenvalue weighted by Gasteiger charge is -1.93. The molecule has 0 aromatic heterocycles. The summed E-state index contributed by atoms with van der Waals surface area (Å²) in [6.07, 6.45) is 21.2. The third-order valence-corrected chi connectivity index (χ3v) is 3.65. The molecule has 0 radical (unpaired) electrons. The summed E-state index contributed by atoms with van der Waals surface area (Å²) in [5, 5.41) is 8.46. The molecule has 0 bridgehead atoms. The molecule has 2 nitrogen and oxygen atoms in total. The molecule has 0 saturated heterocycles. The van der Waals surface area contributed by atoms with E-state index < -0.39 is 5.97 Å². The van der Waals surface area contributed by atoms with Crippen LogP contribution < -0.4 is 0 Å². The van der Waals surface area contributed by atoms with E-state index in [2.05, 4.69) is 43.4 Å². The highest BCUT2D eigenvalue weighted by atomic mass is 32.2. The average molecular weight is 296 g/mol. The summed E-state index contributed by atoms with van der Waals surface area (Å²) in [5.41, 5.74) is 0. The highest BCUT2D eigenvalue weighted by molar-refractivity contribution is 7.99. The minimum Gasteiger partial charge on any atom is -0.481 e. The fourth-order valence-electron chi connectivity index (χ4n) is 1.60. The van der Waals surface area contributed by atoms with E-state index >= 15 is 0 Å². The van der Waals surface area contributed by atoms with Crippen molar-refractivity contribution >= 4 is 17.7 Å². The van der Waals surface area contributed by atoms with E-state index in [1.54, 1.807) is 0 Å². The van der Waals surface area contributed by atoms with Gasteiger partial charge in [-0.3, -0.25) is 4.79 Å². The number of carboxylic acid groups (broad SMARTS) is 1. The molecule has 114 valence electrons. The lowest BCUT2D eigenvalue weighted by atomic mass is 10.2. The Hall–Kier alpha value is -0.960. The third kappa shape index (κ3) is 17.0. The average Bonchev–Trinajstić information content (AvgIpc) is 2.43. The van der Waals surface area contributed by atoms with Crippen molar-refractivity contribution < 1.29 is 9.90 Å². The number of carboxylic acids is 1. The van der Waals surface area contributed by atoms with Crippen molar-refractivity contribution in [2.45, 2.75) is 51.9 Å². The summed E-state index contributed by atoms with van der Waals surface area (Å²) in [6.45, 7) is 2.23. The number of unbranched alkanes of at least 4 members (excludes halogenated alkanes) is 3. The first-order valence-electron chi connectivity index (χ1n) is 7.52. The summed E-state index contributed by atoms with van der Waals surface area (Å²) >= 11 is 1.47. The quantitative estimate of drug-likeness (QED) is 0.374. The van der Waals surface area contributed by atoms with E-state index in [4.69, 9.17) is 5.11 Å². The smallest absolute Gasteiger partial charge is 0.313 e. The predicted molar refractivity (Wildman–Crippen MR) is 90.4 cm³/mol. The molecule has 0 aliphatic heterocycles. The molecule has 0 rings (SSSR count). The summed E-state index contributed by atoms with van der Waals surface area (Å²) in [6, 6.07) is 0. The van der Waals surface area contributed by atoms with Gasteiger partial charge < -0.3 is 5.11 Å². The van der Waals surface area contributed by atoms with E-state index in [9.17, 15) is 4.79 Å². The first-order chi connectivity index (χ1) is 9.77. The molecule has 0 atom stereocenters. The SMILES string of the molecule is CCCCC/C=C\C/C=C\C/C=C\CCSCC(=O)O. The van der Waals surface area contributed by atoms with E-state index in [1.807, 2.05) is 0 Å². The molecule has 0 aromatic carbocycles. The van der Waals surface area contributed by atoms with Crippen molar-refractivity contribution in [3.05, 3.63) is 36.5 Å². The van der Waals surface area contributed by atoms with Gasteiger partial charge >= 0.3 is 5.97 Å². The van der Waals surface area contributed by atoms with Crippen molar-refractivity contribution in [3.63, 3.8) is 0 Å². The van der Waals surface area contributed by atoms with E-state index in [1.165, 1.54) is 37.4 Å². The van der Waals surface area contributed by atoms with Crippen LogP contribution in [0.5, 0.6) is 0 Å². The molecule has 0 unspecified atom stereocenters. The van der Waals surface area contributed by atoms with Gasteiger partial charge in [-0.2, -0.15) is 0 Å². The molecule has 20 heavy (non-hydrogen) atoms. The van der Waals surface area contributed by atoms with Gasteiger partial charge in [0.05, 0.1) is 5.75 Å². The number of hydrogen-bond acceptors (Lipinski definition) is 2. The first-order valence-corrected chi connectivity index (χ1v) is 8.67. The second kappa shape index (κ2) is 16.1. The van der Waals surface area contributed by atoms with Crippen LogP contribution in [0, 0.1) is 0 Å². The lowest BCUT2D eigenvalue weighted by Crippen LogP contribution is -1.98. The summed E-state index contributed by atoms with van der Waals surface area (Å²) in [5.74, 6) is 0.357. The van der Waals surface area contributed by atoms with Crippen LogP contribution in [0.4, 0.5) is 0 Å². The molecule has 1 N–H and O–H groups in total. The van der Waals surface area contributed by atoms with Gasteiger partial charge in [-0.1, -0.05) is 56.2 Å². The number of rotatable bonds is 13. The Balaban J connectivity index is 3.32. The lowest BCUT2D eigenvalue weighted by molar-refractivity contribution is -0.133. The van der Waals surface area contributed by atoms with Crippen molar-refractivity contribution in [2.24, 2.45) is 0 Å². The van der Waals surface area contributed by atoms with Gasteiger partial charge in [0.15, 0.2) is 0 Å². The van der Waals surface area contributed by atoms with Gasteiger partial charge in [0.2, 0.25) is 0 Å². The molecule has 0 aromatic rings. The molecular formula is C17H28O2S. The van der Waals surface area contributed by atoms with Gasteiger partial charge in [-0.05, 0) is 37.9 Å². The summed E-state index contributed by atoms with van der Waals surface area (Å²) in [4.78, 5) is 10.3. The van der Waals surface area contributed by atoms with Gasteiger partial charge in [-0.15, -0.1) is 11.8 Å². The Kier molecular flexibility index (Phi) is 15.3. The maximum absolute atomic E-state index is 10.3. The van der Waals surface area contributed by atoms with Crippen LogP contribution in [0.3, 0.4) is 0 Å². The van der Waals surface area contributed by atoms with Crippen LogP contribution in [-0.4, -0.2) is 22.6 Å². The van der Waals surface area contributed by atoms with Crippen LogP contribution in [0.25, 0.3) is 0 Å². The normalized spacial score (nSPS) is 12.1. The number of thioether (sulfide) groups is 1. The van der Waals surface area contributed by atoms with Crippen LogP contribution in [0.2, 0.25) is 0 Å². The standard InChI is InChI=1S/C17H28O2S/c1-2-3-4-5-6-7-8-9-10-11-12-13-14-15-20-16-17(18)19/h6-7,9-10,12-13H,2-5,8,11,14-16H2,1H3,(H,18,19)/b7-6-,10-9-,13-12-. The summed E-state index contributed by atoms with van der Waals surface area (Å²) in [7, 11) is 0. The van der Waals surface area contributed by atoms with E-state index in [0.717, 1.165) is 25.0 Å². The number of allylic oxidation sites excluding steroid dienone is 6. The Morgan fingerprint density at radius 1 is 0.950 bits per heavy atom. The molecule has 0 fully saturated rings. The predicted octanol–water partition coefficient (Wildman–Crippen LogP) is 5.22. The van der Waals surface area contributed by atoms with Gasteiger partial charge in [0.1, 0.15) is 0 Å². The number of carbonyl (C=O) groups is 1. The molecule has 3 heteroatoms. The summed E-state index contributed by atoms with van der Waals surface area (Å²) < 4.78 is 0. The van der Waals surface area contributed by atoms with Crippen LogP contribution in [-0.2, 0) is 4.79 Å². The maximum Gasteiger partial charge on any atom is 0.313 e. The van der Waals surface area contributed by atoms with Gasteiger partial charge in [-0.25, -0.2) is 0 Å². The minimum atomic E-state index is -0.732. The van der Waals surface area contributed by atoms with Crippen molar-refractivity contribution in [1.29, 1.82) is 0 Å². The monoisotopic (exact) mass is 296 g/mol. The maximum atomic E-state index is 10.3. The molecule has 0 saturated carbocycles. The molecule has 0 aliphatic carbocycles. The molecular weight excluding hydrogens is 268 g/mol. The minimum absolute atomic E-state index is 0.207. The molecule has 0 heterocycles. The highest BCUT2D eigenvalue weighted by Gasteiger charge is 1.94. The van der Waals surface area contributed by atoms with Gasteiger partial charge in [0, 0.05) is 0 Å². The van der Waals surface area contributed by atoms with Crippen molar-refractivity contribution in [2.75, 3.05) is 11.5 Å². The molecule has 0 amide bonds. The third-order valence-electron chi connectivity index (χ3n) is 2.67. The zero-order chi connectivity index (χ0) is 14.9. The molecule has 0 spiro atoms. The second-order valence-corrected chi connectivity index (χ2v) is 5.72. The Morgan fingerprint density at radius 3 is 2.15 bits per heavy atom. The highest BCUT2D eigenvalue weighted by Crippen LogP contribution is 2.03. The fourth-order valence-corrected chi connectivity index (χ4v) is 2.22. The largest absolute Gasteiger partial charge is 0.481 e. The fraction of sp³-hybridized carbons (Fsp3) is 0.588. The van der Waals surface area contributed by atoms with Crippen molar-refractivity contribution in [3.8, 4) is 0 Å². The Morgan fingerprint density at radius 2 is 1.55 bits per heavy atom.